The van der Waals surface area contributed by atoms with E-state index in [4.69, 9.17) is 0 Å². The number of Topliss-reactive ketones (excluding diaryl/α,β-unsaturated/α-hetero) is 1. The van der Waals surface area contributed by atoms with Crippen molar-refractivity contribution in [3.8, 4) is 0 Å². The Hall–Kier alpha value is -1.16. The molecule has 0 spiro atoms. The second-order valence-electron chi connectivity index (χ2n) is 3.25. The summed E-state index contributed by atoms with van der Waals surface area (Å²) in [5.74, 6) is 0.115. The van der Waals surface area contributed by atoms with Crippen molar-refractivity contribution in [3.05, 3.63) is 18.0 Å². The number of carbonyl (C=O) groups excluding carboxylic acids is 1. The molecule has 0 bridgehead atoms. The standard InChI is InChI=1S/C9H15N3O/c1-4-12-6-8(5-10-12)9(13)7-11(2)3/h5-6H,4,7H2,1-3H3. The van der Waals surface area contributed by atoms with Crippen LogP contribution >= 0.6 is 0 Å². The molecule has 1 heterocycles. The molecule has 13 heavy (non-hydrogen) atoms. The van der Waals surface area contributed by atoms with E-state index >= 15 is 0 Å². The van der Waals surface area contributed by atoms with Crippen LogP contribution in [0, 0.1) is 0 Å². The lowest BCUT2D eigenvalue weighted by molar-refractivity contribution is 0.0958. The Balaban J connectivity index is 2.66. The van der Waals surface area contributed by atoms with E-state index in [1.165, 1.54) is 0 Å². The number of rotatable bonds is 4. The summed E-state index contributed by atoms with van der Waals surface area (Å²) in [4.78, 5) is 13.3. The summed E-state index contributed by atoms with van der Waals surface area (Å²) in [6, 6.07) is 0. The minimum Gasteiger partial charge on any atom is -0.302 e. The van der Waals surface area contributed by atoms with E-state index < -0.39 is 0 Å². The third kappa shape index (κ3) is 2.66. The Bertz CT molecular complexity index is 291. The first-order chi connectivity index (χ1) is 6.13. The van der Waals surface area contributed by atoms with Crippen LogP contribution in [0.3, 0.4) is 0 Å². The molecule has 72 valence electrons. The largest absolute Gasteiger partial charge is 0.302 e. The maximum Gasteiger partial charge on any atom is 0.179 e. The lowest BCUT2D eigenvalue weighted by atomic mass is 10.2. The SMILES string of the molecule is CCn1cc(C(=O)CN(C)C)cn1. The molecular formula is C9H15N3O. The van der Waals surface area contributed by atoms with E-state index in [0.717, 1.165) is 6.54 Å². The molecule has 0 atom stereocenters. The topological polar surface area (TPSA) is 38.1 Å². The number of aromatic nitrogens is 2. The Kier molecular flexibility index (Phi) is 3.19. The van der Waals surface area contributed by atoms with Gasteiger partial charge in [-0.3, -0.25) is 9.48 Å². The lowest BCUT2D eigenvalue weighted by Gasteiger charge is -2.05. The summed E-state index contributed by atoms with van der Waals surface area (Å²) >= 11 is 0. The van der Waals surface area contributed by atoms with Crippen LogP contribution in [0.15, 0.2) is 12.4 Å². The van der Waals surface area contributed by atoms with Crippen molar-refractivity contribution < 1.29 is 4.79 Å². The molecule has 0 aliphatic heterocycles. The van der Waals surface area contributed by atoms with Crippen LogP contribution in [-0.2, 0) is 6.54 Å². The average molecular weight is 181 g/mol. The molecule has 4 heteroatoms. The summed E-state index contributed by atoms with van der Waals surface area (Å²) in [5, 5.41) is 4.04. The third-order valence-corrected chi connectivity index (χ3v) is 1.74. The fraction of sp³-hybridized carbons (Fsp3) is 0.556. The second-order valence-corrected chi connectivity index (χ2v) is 3.25. The minimum atomic E-state index is 0.115. The number of likely N-dealkylation sites (N-methyl/N-ethyl adjacent to an activating group) is 1. The number of carbonyl (C=O) groups is 1. The van der Waals surface area contributed by atoms with Gasteiger partial charge >= 0.3 is 0 Å². The maximum atomic E-state index is 11.5. The highest BCUT2D eigenvalue weighted by Gasteiger charge is 2.08. The van der Waals surface area contributed by atoms with Gasteiger partial charge in [-0.2, -0.15) is 5.10 Å². The molecule has 0 saturated carbocycles. The van der Waals surface area contributed by atoms with Crippen LogP contribution in [-0.4, -0.2) is 41.1 Å². The normalized spacial score (nSPS) is 10.8. The van der Waals surface area contributed by atoms with Crippen molar-refractivity contribution in [1.29, 1.82) is 0 Å². The van der Waals surface area contributed by atoms with Crippen molar-refractivity contribution in [2.24, 2.45) is 0 Å². The van der Waals surface area contributed by atoms with Gasteiger partial charge in [0.25, 0.3) is 0 Å². The first-order valence-electron chi connectivity index (χ1n) is 4.34. The van der Waals surface area contributed by atoms with E-state index in [2.05, 4.69) is 5.10 Å². The van der Waals surface area contributed by atoms with Crippen molar-refractivity contribution in [3.63, 3.8) is 0 Å². The molecule has 0 amide bonds. The van der Waals surface area contributed by atoms with Gasteiger partial charge in [-0.25, -0.2) is 0 Å². The summed E-state index contributed by atoms with van der Waals surface area (Å²) in [6.07, 6.45) is 3.40. The summed E-state index contributed by atoms with van der Waals surface area (Å²) < 4.78 is 1.75. The predicted octanol–water partition coefficient (Wildman–Crippen LogP) is 0.647. The summed E-state index contributed by atoms with van der Waals surface area (Å²) in [7, 11) is 3.75. The number of nitrogens with zero attached hydrogens (tertiary/aromatic N) is 3. The smallest absolute Gasteiger partial charge is 0.179 e. The highest BCUT2D eigenvalue weighted by atomic mass is 16.1. The fourth-order valence-electron chi connectivity index (χ4n) is 1.06. The Morgan fingerprint density at radius 3 is 2.77 bits per heavy atom. The Morgan fingerprint density at radius 2 is 2.31 bits per heavy atom. The van der Waals surface area contributed by atoms with E-state index in [-0.39, 0.29) is 5.78 Å². The van der Waals surface area contributed by atoms with E-state index in [1.54, 1.807) is 17.1 Å². The zero-order valence-electron chi connectivity index (χ0n) is 8.32. The Morgan fingerprint density at radius 1 is 1.62 bits per heavy atom. The van der Waals surface area contributed by atoms with Gasteiger partial charge in [-0.05, 0) is 21.0 Å². The van der Waals surface area contributed by atoms with Gasteiger partial charge in [0.05, 0.1) is 18.3 Å². The predicted molar refractivity (Wildman–Crippen MR) is 50.8 cm³/mol. The number of ketones is 1. The van der Waals surface area contributed by atoms with Gasteiger partial charge in [-0.15, -0.1) is 0 Å². The average Bonchev–Trinajstić information content (AvgIpc) is 2.50. The molecule has 1 aromatic rings. The highest BCUT2D eigenvalue weighted by Crippen LogP contribution is 1.99. The summed E-state index contributed by atoms with van der Waals surface area (Å²) in [5.41, 5.74) is 0.690. The van der Waals surface area contributed by atoms with Crippen molar-refractivity contribution in [2.75, 3.05) is 20.6 Å². The number of hydrogen-bond donors (Lipinski definition) is 0. The number of hydrogen-bond acceptors (Lipinski definition) is 3. The van der Waals surface area contributed by atoms with Gasteiger partial charge in [0.1, 0.15) is 0 Å². The fourth-order valence-corrected chi connectivity index (χ4v) is 1.06. The Labute approximate surface area is 78.1 Å². The minimum absolute atomic E-state index is 0.115. The van der Waals surface area contributed by atoms with Crippen molar-refractivity contribution in [1.82, 2.24) is 14.7 Å². The molecule has 0 radical (unpaired) electrons. The lowest BCUT2D eigenvalue weighted by Crippen LogP contribution is -2.21. The quantitative estimate of drug-likeness (QED) is 0.640. The van der Waals surface area contributed by atoms with E-state index in [0.29, 0.717) is 12.1 Å². The van der Waals surface area contributed by atoms with Gasteiger partial charge < -0.3 is 4.90 Å². The third-order valence-electron chi connectivity index (χ3n) is 1.74. The zero-order chi connectivity index (χ0) is 9.84. The number of aryl methyl sites for hydroxylation is 1. The van der Waals surface area contributed by atoms with Crippen molar-refractivity contribution in [2.45, 2.75) is 13.5 Å². The molecule has 0 aliphatic carbocycles. The molecule has 0 aliphatic rings. The van der Waals surface area contributed by atoms with Crippen LogP contribution < -0.4 is 0 Å². The van der Waals surface area contributed by atoms with Gasteiger partial charge in [-0.1, -0.05) is 0 Å². The van der Waals surface area contributed by atoms with E-state index in [9.17, 15) is 4.79 Å². The van der Waals surface area contributed by atoms with Gasteiger partial charge in [0.15, 0.2) is 5.78 Å². The second kappa shape index (κ2) is 4.18. The van der Waals surface area contributed by atoms with E-state index in [1.807, 2.05) is 25.9 Å². The molecule has 0 N–H and O–H groups in total. The van der Waals surface area contributed by atoms with Crippen LogP contribution in [0.1, 0.15) is 17.3 Å². The van der Waals surface area contributed by atoms with Crippen LogP contribution in [0.4, 0.5) is 0 Å². The molecule has 0 saturated heterocycles. The molecule has 0 fully saturated rings. The summed E-state index contributed by atoms with van der Waals surface area (Å²) in [6.45, 7) is 3.23. The molecule has 4 nitrogen and oxygen atoms in total. The molecule has 0 aromatic carbocycles. The maximum absolute atomic E-state index is 11.5. The zero-order valence-corrected chi connectivity index (χ0v) is 8.32. The molecule has 1 rings (SSSR count). The first-order valence-corrected chi connectivity index (χ1v) is 4.34. The molecule has 0 unspecified atom stereocenters. The van der Waals surface area contributed by atoms with Gasteiger partial charge in [0.2, 0.25) is 0 Å². The van der Waals surface area contributed by atoms with Crippen molar-refractivity contribution >= 4 is 5.78 Å². The molecular weight excluding hydrogens is 166 g/mol. The van der Waals surface area contributed by atoms with Crippen LogP contribution in [0.25, 0.3) is 0 Å². The van der Waals surface area contributed by atoms with Crippen LogP contribution in [0.5, 0.6) is 0 Å². The highest BCUT2D eigenvalue weighted by molar-refractivity contribution is 5.97. The van der Waals surface area contributed by atoms with Gasteiger partial charge in [0, 0.05) is 12.7 Å². The monoisotopic (exact) mass is 181 g/mol. The molecule has 1 aromatic heterocycles. The van der Waals surface area contributed by atoms with Crippen LogP contribution in [0.2, 0.25) is 0 Å². The first kappa shape index (κ1) is 9.92.